The number of nitrogens with zero attached hydrogens (tertiary/aromatic N) is 6. The smallest absolute Gasteiger partial charge is 0.226 e. The van der Waals surface area contributed by atoms with Gasteiger partial charge in [-0.2, -0.15) is 9.97 Å². The van der Waals surface area contributed by atoms with Gasteiger partial charge in [0.05, 0.1) is 11.4 Å². The van der Waals surface area contributed by atoms with Crippen LogP contribution in [0.2, 0.25) is 0 Å². The molecule has 0 aromatic carbocycles. The summed E-state index contributed by atoms with van der Waals surface area (Å²) < 4.78 is 0. The molecular formula is C18H32N8. The Bertz CT molecular complexity index is 714. The molecule has 2 rings (SSSR count). The molecule has 0 spiro atoms. The van der Waals surface area contributed by atoms with Crippen molar-refractivity contribution < 1.29 is 0 Å². The summed E-state index contributed by atoms with van der Waals surface area (Å²) in [6.07, 6.45) is 2.06. The summed E-state index contributed by atoms with van der Waals surface area (Å²) in [5.41, 5.74) is 3.17. The van der Waals surface area contributed by atoms with Gasteiger partial charge in [-0.05, 0) is 68.0 Å². The minimum Gasteiger partial charge on any atom is -0.368 e. The van der Waals surface area contributed by atoms with Crippen molar-refractivity contribution in [1.82, 2.24) is 29.7 Å². The molecule has 0 unspecified atom stereocenters. The summed E-state index contributed by atoms with van der Waals surface area (Å²) >= 11 is 0. The van der Waals surface area contributed by atoms with Crippen molar-refractivity contribution in [3.8, 4) is 0 Å². The second-order valence-corrected chi connectivity index (χ2v) is 7.13. The van der Waals surface area contributed by atoms with Gasteiger partial charge in [0.25, 0.3) is 0 Å². The first-order valence-electron chi connectivity index (χ1n) is 9.17. The summed E-state index contributed by atoms with van der Waals surface area (Å²) in [4.78, 5) is 22.8. The lowest BCUT2D eigenvalue weighted by Gasteiger charge is -2.14. The molecule has 0 aliphatic carbocycles. The van der Waals surface area contributed by atoms with Crippen LogP contribution >= 0.6 is 0 Å². The van der Waals surface area contributed by atoms with Crippen LogP contribution in [-0.2, 0) is 0 Å². The predicted octanol–water partition coefficient (Wildman–Crippen LogP) is 1.76. The topological polar surface area (TPSA) is 82.1 Å². The molecular weight excluding hydrogens is 328 g/mol. The Morgan fingerprint density at radius 1 is 0.731 bits per heavy atom. The Balaban J connectivity index is 2.17. The molecule has 0 aliphatic heterocycles. The van der Waals surface area contributed by atoms with Crippen molar-refractivity contribution in [3.05, 3.63) is 11.4 Å². The lowest BCUT2D eigenvalue weighted by atomic mass is 10.3. The molecule has 0 fully saturated rings. The number of fused-ring (bicyclic) bond motifs is 1. The maximum Gasteiger partial charge on any atom is 0.226 e. The SMILES string of the molecule is Cc1nc2nc(NCCCN(C)C)nc(NCCCN(C)C)c2nc1C. The lowest BCUT2D eigenvalue weighted by molar-refractivity contribution is 0.405. The van der Waals surface area contributed by atoms with Gasteiger partial charge >= 0.3 is 0 Å². The van der Waals surface area contributed by atoms with Crippen LogP contribution in [0, 0.1) is 13.8 Å². The van der Waals surface area contributed by atoms with E-state index in [4.69, 9.17) is 0 Å². The zero-order valence-corrected chi connectivity index (χ0v) is 16.9. The number of aromatic nitrogens is 4. The van der Waals surface area contributed by atoms with Crippen LogP contribution in [0.4, 0.5) is 11.8 Å². The van der Waals surface area contributed by atoms with Crippen LogP contribution in [0.15, 0.2) is 0 Å². The van der Waals surface area contributed by atoms with Gasteiger partial charge in [0.15, 0.2) is 17.0 Å². The standard InChI is InChI=1S/C18H32N8/c1-13-14(2)22-17-15(21-13)16(19-9-7-11-25(3)4)23-18(24-17)20-10-8-12-26(5)6/h7-12H2,1-6H3,(H2,19,20,22,23,24). The molecule has 0 radical (unpaired) electrons. The average Bonchev–Trinajstić information content (AvgIpc) is 2.56. The van der Waals surface area contributed by atoms with E-state index in [-0.39, 0.29) is 0 Å². The van der Waals surface area contributed by atoms with Gasteiger partial charge in [-0.25, -0.2) is 9.97 Å². The first kappa shape index (κ1) is 20.3. The fourth-order valence-electron chi connectivity index (χ4n) is 2.51. The van der Waals surface area contributed by atoms with E-state index in [9.17, 15) is 0 Å². The number of hydrogen-bond donors (Lipinski definition) is 2. The Hall–Kier alpha value is -2.06. The van der Waals surface area contributed by atoms with Crippen LogP contribution in [0.5, 0.6) is 0 Å². The third kappa shape index (κ3) is 6.03. The predicted molar refractivity (Wildman–Crippen MR) is 108 cm³/mol. The number of aryl methyl sites for hydroxylation is 2. The molecule has 2 aromatic heterocycles. The lowest BCUT2D eigenvalue weighted by Crippen LogP contribution is -2.18. The molecule has 0 aliphatic rings. The Labute approximate surface area is 156 Å². The Kier molecular flexibility index (Phi) is 7.47. The molecule has 26 heavy (non-hydrogen) atoms. The molecule has 0 bridgehead atoms. The third-order valence-corrected chi connectivity index (χ3v) is 4.08. The molecule has 8 nitrogen and oxygen atoms in total. The highest BCUT2D eigenvalue weighted by Crippen LogP contribution is 2.20. The van der Waals surface area contributed by atoms with Crippen molar-refractivity contribution in [1.29, 1.82) is 0 Å². The maximum atomic E-state index is 4.65. The summed E-state index contributed by atoms with van der Waals surface area (Å²) in [5, 5.41) is 6.72. The van der Waals surface area contributed by atoms with Crippen LogP contribution in [0.3, 0.4) is 0 Å². The molecule has 0 saturated carbocycles. The Morgan fingerprint density at radius 2 is 1.31 bits per heavy atom. The van der Waals surface area contributed by atoms with E-state index in [1.807, 2.05) is 13.8 Å². The summed E-state index contributed by atoms with van der Waals surface area (Å²) in [7, 11) is 8.30. The molecule has 8 heteroatoms. The van der Waals surface area contributed by atoms with E-state index in [1.165, 1.54) is 0 Å². The minimum atomic E-state index is 0.601. The summed E-state index contributed by atoms with van der Waals surface area (Å²) in [5.74, 6) is 1.35. The van der Waals surface area contributed by atoms with E-state index >= 15 is 0 Å². The molecule has 0 saturated heterocycles. The number of nitrogens with one attached hydrogen (secondary N) is 2. The molecule has 2 heterocycles. The highest BCUT2D eigenvalue weighted by molar-refractivity contribution is 5.83. The van der Waals surface area contributed by atoms with Crippen molar-refractivity contribution in [2.24, 2.45) is 0 Å². The van der Waals surface area contributed by atoms with Crippen molar-refractivity contribution in [3.63, 3.8) is 0 Å². The van der Waals surface area contributed by atoms with E-state index in [0.29, 0.717) is 11.6 Å². The summed E-state index contributed by atoms with van der Waals surface area (Å²) in [6.45, 7) is 7.62. The molecule has 0 amide bonds. The first-order chi connectivity index (χ1) is 12.4. The van der Waals surface area contributed by atoms with Crippen LogP contribution < -0.4 is 10.6 Å². The van der Waals surface area contributed by atoms with Crippen molar-refractivity contribution >= 4 is 22.9 Å². The van der Waals surface area contributed by atoms with E-state index in [0.717, 1.165) is 61.7 Å². The highest BCUT2D eigenvalue weighted by Gasteiger charge is 2.12. The second-order valence-electron chi connectivity index (χ2n) is 7.13. The zero-order chi connectivity index (χ0) is 19.1. The first-order valence-corrected chi connectivity index (χ1v) is 9.17. The average molecular weight is 361 g/mol. The van der Waals surface area contributed by atoms with Gasteiger partial charge in [0.2, 0.25) is 5.95 Å². The molecule has 0 atom stereocenters. The largest absolute Gasteiger partial charge is 0.368 e. The number of rotatable bonds is 10. The summed E-state index contributed by atoms with van der Waals surface area (Å²) in [6, 6.07) is 0. The van der Waals surface area contributed by atoms with Gasteiger partial charge in [-0.3, -0.25) is 0 Å². The van der Waals surface area contributed by atoms with Gasteiger partial charge in [0.1, 0.15) is 0 Å². The van der Waals surface area contributed by atoms with Gasteiger partial charge < -0.3 is 20.4 Å². The quantitative estimate of drug-likeness (QED) is 0.620. The fourth-order valence-corrected chi connectivity index (χ4v) is 2.51. The number of hydrogen-bond acceptors (Lipinski definition) is 8. The maximum absolute atomic E-state index is 4.65. The Morgan fingerprint density at radius 3 is 1.92 bits per heavy atom. The van der Waals surface area contributed by atoms with E-state index < -0.39 is 0 Å². The van der Waals surface area contributed by atoms with E-state index in [1.54, 1.807) is 0 Å². The van der Waals surface area contributed by atoms with Crippen LogP contribution in [0.1, 0.15) is 24.2 Å². The van der Waals surface area contributed by atoms with E-state index in [2.05, 4.69) is 68.6 Å². The van der Waals surface area contributed by atoms with Crippen LogP contribution in [0.25, 0.3) is 11.2 Å². The van der Waals surface area contributed by atoms with Gasteiger partial charge in [-0.1, -0.05) is 0 Å². The third-order valence-electron chi connectivity index (χ3n) is 4.08. The van der Waals surface area contributed by atoms with Crippen LogP contribution in [-0.4, -0.2) is 84.1 Å². The number of anilines is 2. The van der Waals surface area contributed by atoms with Crippen molar-refractivity contribution in [2.45, 2.75) is 26.7 Å². The highest BCUT2D eigenvalue weighted by atomic mass is 15.2. The van der Waals surface area contributed by atoms with Gasteiger partial charge in [0, 0.05) is 13.1 Å². The van der Waals surface area contributed by atoms with Crippen molar-refractivity contribution in [2.75, 3.05) is 65.0 Å². The minimum absolute atomic E-state index is 0.601. The molecule has 2 N–H and O–H groups in total. The van der Waals surface area contributed by atoms with Gasteiger partial charge in [-0.15, -0.1) is 0 Å². The normalized spacial score (nSPS) is 11.5. The zero-order valence-electron chi connectivity index (χ0n) is 16.9. The molecule has 144 valence electrons. The molecule has 2 aromatic rings. The monoisotopic (exact) mass is 360 g/mol. The fraction of sp³-hybridized carbons (Fsp3) is 0.667. The second kappa shape index (κ2) is 9.59.